The molecule has 0 aromatic carbocycles. The first-order chi connectivity index (χ1) is 8.77. The van der Waals surface area contributed by atoms with Crippen LogP contribution in [-0.2, 0) is 0 Å². The summed E-state index contributed by atoms with van der Waals surface area (Å²) in [6.45, 7) is 2.09. The summed E-state index contributed by atoms with van der Waals surface area (Å²) in [5.41, 5.74) is 3.09. The van der Waals surface area contributed by atoms with Crippen LogP contribution in [0.15, 0.2) is 18.3 Å². The Morgan fingerprint density at radius 2 is 1.89 bits per heavy atom. The molecule has 1 heterocycles. The van der Waals surface area contributed by atoms with E-state index in [1.165, 1.54) is 57.1 Å². The molecule has 0 saturated heterocycles. The van der Waals surface area contributed by atoms with Crippen molar-refractivity contribution in [2.45, 2.75) is 64.3 Å². The van der Waals surface area contributed by atoms with E-state index in [0.717, 1.165) is 11.1 Å². The molecule has 0 atom stereocenters. The van der Waals surface area contributed by atoms with Gasteiger partial charge in [0.25, 0.3) is 0 Å². The molecular formula is C16H24N2. The third-order valence-electron chi connectivity index (χ3n) is 5.08. The molecule has 0 amide bonds. The first kappa shape index (κ1) is 12.0. The highest BCUT2D eigenvalue weighted by Gasteiger charge is 2.37. The SMILES string of the molecule is Cc1ncccc1NC1CCC2(CCCC2)CC1. The van der Waals surface area contributed by atoms with Crippen molar-refractivity contribution >= 4 is 5.69 Å². The Morgan fingerprint density at radius 1 is 1.17 bits per heavy atom. The van der Waals surface area contributed by atoms with E-state index in [1.807, 2.05) is 12.3 Å². The van der Waals surface area contributed by atoms with Gasteiger partial charge in [-0.15, -0.1) is 0 Å². The summed E-state index contributed by atoms with van der Waals surface area (Å²) >= 11 is 0. The number of aryl methyl sites for hydroxylation is 1. The third kappa shape index (κ3) is 2.38. The van der Waals surface area contributed by atoms with E-state index in [9.17, 15) is 0 Å². The molecule has 2 aliphatic rings. The Morgan fingerprint density at radius 3 is 2.56 bits per heavy atom. The maximum absolute atomic E-state index is 4.35. The molecule has 2 saturated carbocycles. The normalized spacial score (nSPS) is 23.4. The van der Waals surface area contributed by atoms with Gasteiger partial charge in [0.15, 0.2) is 0 Å². The molecule has 1 aromatic heterocycles. The van der Waals surface area contributed by atoms with Crippen molar-refractivity contribution in [2.24, 2.45) is 5.41 Å². The van der Waals surface area contributed by atoms with E-state index in [0.29, 0.717) is 6.04 Å². The zero-order valence-electron chi connectivity index (χ0n) is 11.4. The van der Waals surface area contributed by atoms with Crippen molar-refractivity contribution in [1.82, 2.24) is 4.98 Å². The summed E-state index contributed by atoms with van der Waals surface area (Å²) in [6, 6.07) is 4.85. The number of hydrogen-bond acceptors (Lipinski definition) is 2. The second kappa shape index (κ2) is 4.91. The molecule has 0 unspecified atom stereocenters. The molecule has 0 aliphatic heterocycles. The van der Waals surface area contributed by atoms with Crippen molar-refractivity contribution in [3.63, 3.8) is 0 Å². The Bertz CT molecular complexity index is 397. The Labute approximate surface area is 110 Å². The first-order valence-electron chi connectivity index (χ1n) is 7.46. The number of nitrogens with zero attached hydrogens (tertiary/aromatic N) is 1. The van der Waals surface area contributed by atoms with Crippen LogP contribution in [0.25, 0.3) is 0 Å². The van der Waals surface area contributed by atoms with E-state index < -0.39 is 0 Å². The van der Waals surface area contributed by atoms with Crippen LogP contribution < -0.4 is 5.32 Å². The fourth-order valence-electron chi connectivity index (χ4n) is 3.86. The zero-order valence-corrected chi connectivity index (χ0v) is 11.4. The van der Waals surface area contributed by atoms with Gasteiger partial charge >= 0.3 is 0 Å². The van der Waals surface area contributed by atoms with Crippen LogP contribution in [0, 0.1) is 12.3 Å². The molecule has 2 fully saturated rings. The predicted molar refractivity (Wildman–Crippen MR) is 75.8 cm³/mol. The van der Waals surface area contributed by atoms with Gasteiger partial charge in [0.05, 0.1) is 11.4 Å². The molecule has 1 aromatic rings. The van der Waals surface area contributed by atoms with Crippen LogP contribution >= 0.6 is 0 Å². The van der Waals surface area contributed by atoms with E-state index >= 15 is 0 Å². The molecule has 2 heteroatoms. The van der Waals surface area contributed by atoms with E-state index in [2.05, 4.69) is 23.3 Å². The lowest BCUT2D eigenvalue weighted by Crippen LogP contribution is -2.31. The standard InChI is InChI=1S/C16H24N2/c1-13-15(5-4-12-17-13)18-14-6-10-16(11-7-14)8-2-3-9-16/h4-5,12,14,18H,2-3,6-11H2,1H3. The van der Waals surface area contributed by atoms with Crippen molar-refractivity contribution in [3.05, 3.63) is 24.0 Å². The predicted octanol–water partition coefficient (Wildman–Crippen LogP) is 4.30. The highest BCUT2D eigenvalue weighted by molar-refractivity contribution is 5.47. The van der Waals surface area contributed by atoms with Gasteiger partial charge in [0.1, 0.15) is 0 Å². The van der Waals surface area contributed by atoms with Gasteiger partial charge in [-0.3, -0.25) is 4.98 Å². The molecule has 0 radical (unpaired) electrons. The van der Waals surface area contributed by atoms with Gasteiger partial charge in [-0.05, 0) is 63.0 Å². The average molecular weight is 244 g/mol. The van der Waals surface area contributed by atoms with Crippen LogP contribution in [0.4, 0.5) is 5.69 Å². The fraction of sp³-hybridized carbons (Fsp3) is 0.688. The van der Waals surface area contributed by atoms with Crippen molar-refractivity contribution in [1.29, 1.82) is 0 Å². The van der Waals surface area contributed by atoms with Gasteiger partial charge < -0.3 is 5.32 Å². The Kier molecular flexibility index (Phi) is 3.27. The second-order valence-corrected chi connectivity index (χ2v) is 6.26. The van der Waals surface area contributed by atoms with Crippen LogP contribution in [-0.4, -0.2) is 11.0 Å². The van der Waals surface area contributed by atoms with Gasteiger partial charge in [0.2, 0.25) is 0 Å². The number of anilines is 1. The lowest BCUT2D eigenvalue weighted by molar-refractivity contribution is 0.188. The molecule has 98 valence electrons. The molecule has 1 N–H and O–H groups in total. The minimum absolute atomic E-state index is 0.666. The zero-order chi connectivity index (χ0) is 12.4. The maximum atomic E-state index is 4.35. The van der Waals surface area contributed by atoms with E-state index in [-0.39, 0.29) is 0 Å². The number of pyridine rings is 1. The summed E-state index contributed by atoms with van der Waals surface area (Å²) in [5.74, 6) is 0. The molecular weight excluding hydrogens is 220 g/mol. The van der Waals surface area contributed by atoms with Gasteiger partial charge in [-0.2, -0.15) is 0 Å². The van der Waals surface area contributed by atoms with Crippen molar-refractivity contribution in [2.75, 3.05) is 5.32 Å². The third-order valence-corrected chi connectivity index (χ3v) is 5.08. The summed E-state index contributed by atoms with van der Waals surface area (Å²) in [4.78, 5) is 4.35. The molecule has 0 bridgehead atoms. The fourth-order valence-corrected chi connectivity index (χ4v) is 3.86. The number of hydrogen-bond donors (Lipinski definition) is 1. The lowest BCUT2D eigenvalue weighted by Gasteiger charge is -2.38. The van der Waals surface area contributed by atoms with Crippen LogP contribution in [0.5, 0.6) is 0 Å². The molecule has 18 heavy (non-hydrogen) atoms. The Balaban J connectivity index is 1.59. The van der Waals surface area contributed by atoms with Gasteiger partial charge in [0, 0.05) is 12.2 Å². The first-order valence-corrected chi connectivity index (χ1v) is 7.46. The summed E-state index contributed by atoms with van der Waals surface area (Å²) < 4.78 is 0. The quantitative estimate of drug-likeness (QED) is 0.838. The summed E-state index contributed by atoms with van der Waals surface area (Å²) in [6.07, 6.45) is 13.3. The number of aromatic nitrogens is 1. The lowest BCUT2D eigenvalue weighted by atomic mass is 9.71. The minimum atomic E-state index is 0.666. The highest BCUT2D eigenvalue weighted by Crippen LogP contribution is 2.49. The van der Waals surface area contributed by atoms with E-state index in [1.54, 1.807) is 0 Å². The average Bonchev–Trinajstić information content (AvgIpc) is 2.84. The van der Waals surface area contributed by atoms with Gasteiger partial charge in [-0.1, -0.05) is 12.8 Å². The van der Waals surface area contributed by atoms with E-state index in [4.69, 9.17) is 0 Å². The monoisotopic (exact) mass is 244 g/mol. The number of nitrogens with one attached hydrogen (secondary N) is 1. The molecule has 1 spiro atoms. The minimum Gasteiger partial charge on any atom is -0.381 e. The van der Waals surface area contributed by atoms with Crippen LogP contribution in [0.3, 0.4) is 0 Å². The second-order valence-electron chi connectivity index (χ2n) is 6.26. The molecule has 2 aliphatic carbocycles. The van der Waals surface area contributed by atoms with Crippen LogP contribution in [0.1, 0.15) is 57.1 Å². The summed E-state index contributed by atoms with van der Waals surface area (Å²) in [5, 5.41) is 3.69. The van der Waals surface area contributed by atoms with Crippen LogP contribution in [0.2, 0.25) is 0 Å². The van der Waals surface area contributed by atoms with Gasteiger partial charge in [-0.25, -0.2) is 0 Å². The van der Waals surface area contributed by atoms with Crippen molar-refractivity contribution in [3.8, 4) is 0 Å². The largest absolute Gasteiger partial charge is 0.381 e. The number of rotatable bonds is 2. The Hall–Kier alpha value is -1.05. The smallest absolute Gasteiger partial charge is 0.0603 e. The highest BCUT2D eigenvalue weighted by atomic mass is 14.9. The summed E-state index contributed by atoms with van der Waals surface area (Å²) in [7, 11) is 0. The topological polar surface area (TPSA) is 24.9 Å². The molecule has 3 rings (SSSR count). The maximum Gasteiger partial charge on any atom is 0.0603 e. The van der Waals surface area contributed by atoms with Crippen molar-refractivity contribution < 1.29 is 0 Å². The molecule has 2 nitrogen and oxygen atoms in total.